The van der Waals surface area contributed by atoms with E-state index in [1.807, 2.05) is 24.8 Å². The minimum atomic E-state index is -0.0396. The van der Waals surface area contributed by atoms with E-state index in [1.165, 1.54) is 5.56 Å². The summed E-state index contributed by atoms with van der Waals surface area (Å²) in [5.74, 6) is 1.41. The van der Waals surface area contributed by atoms with E-state index in [4.69, 9.17) is 4.74 Å². The van der Waals surface area contributed by atoms with Crippen LogP contribution in [0.2, 0.25) is 0 Å². The van der Waals surface area contributed by atoms with E-state index in [9.17, 15) is 4.79 Å². The SMILES string of the molecule is CC(C)C(=O)N1CCC2(CCc3ccccc3O2)CC1. The molecule has 0 unspecified atom stereocenters. The van der Waals surface area contributed by atoms with Gasteiger partial charge in [-0.1, -0.05) is 32.0 Å². The predicted molar refractivity (Wildman–Crippen MR) is 78.8 cm³/mol. The lowest BCUT2D eigenvalue weighted by atomic mass is 9.83. The van der Waals surface area contributed by atoms with E-state index in [1.54, 1.807) is 0 Å². The monoisotopic (exact) mass is 273 g/mol. The molecular weight excluding hydrogens is 250 g/mol. The summed E-state index contributed by atoms with van der Waals surface area (Å²) in [6.07, 6.45) is 4.08. The standard InChI is InChI=1S/C17H23NO2/c1-13(2)16(19)18-11-9-17(10-12-18)8-7-14-5-3-4-6-15(14)20-17/h3-6,13H,7-12H2,1-2H3. The van der Waals surface area contributed by atoms with Gasteiger partial charge in [-0.25, -0.2) is 0 Å². The number of rotatable bonds is 1. The summed E-state index contributed by atoms with van der Waals surface area (Å²) in [4.78, 5) is 14.1. The van der Waals surface area contributed by atoms with Gasteiger partial charge >= 0.3 is 0 Å². The van der Waals surface area contributed by atoms with Crippen molar-refractivity contribution in [3.63, 3.8) is 0 Å². The Labute approximate surface area is 120 Å². The highest BCUT2D eigenvalue weighted by Crippen LogP contribution is 2.39. The molecule has 0 aliphatic carbocycles. The van der Waals surface area contributed by atoms with Gasteiger partial charge < -0.3 is 9.64 Å². The Balaban J connectivity index is 1.68. The number of aryl methyl sites for hydroxylation is 1. The second-order valence-electron chi connectivity index (χ2n) is 6.37. The third-order valence-electron chi connectivity index (χ3n) is 4.63. The first-order chi connectivity index (χ1) is 9.60. The number of para-hydroxylation sites is 1. The third-order valence-corrected chi connectivity index (χ3v) is 4.63. The molecule has 0 atom stereocenters. The Kier molecular flexibility index (Phi) is 3.45. The lowest BCUT2D eigenvalue weighted by Crippen LogP contribution is -2.51. The molecule has 2 heterocycles. The molecule has 3 nitrogen and oxygen atoms in total. The van der Waals surface area contributed by atoms with Gasteiger partial charge in [0, 0.05) is 31.8 Å². The number of likely N-dealkylation sites (tertiary alicyclic amines) is 1. The summed E-state index contributed by atoms with van der Waals surface area (Å²) >= 11 is 0. The van der Waals surface area contributed by atoms with E-state index in [2.05, 4.69) is 18.2 Å². The fraction of sp³-hybridized carbons (Fsp3) is 0.588. The second kappa shape index (κ2) is 5.12. The first-order valence-corrected chi connectivity index (χ1v) is 7.65. The van der Waals surface area contributed by atoms with Crippen LogP contribution in [-0.2, 0) is 11.2 Å². The van der Waals surface area contributed by atoms with Crippen molar-refractivity contribution in [3.05, 3.63) is 29.8 Å². The number of hydrogen-bond donors (Lipinski definition) is 0. The lowest BCUT2D eigenvalue weighted by Gasteiger charge is -2.45. The maximum atomic E-state index is 12.1. The fourth-order valence-corrected chi connectivity index (χ4v) is 3.31. The maximum Gasteiger partial charge on any atom is 0.225 e. The first kappa shape index (κ1) is 13.5. The van der Waals surface area contributed by atoms with Crippen molar-refractivity contribution in [1.29, 1.82) is 0 Å². The Hall–Kier alpha value is -1.51. The highest BCUT2D eigenvalue weighted by molar-refractivity contribution is 5.78. The number of carbonyl (C=O) groups excluding carboxylic acids is 1. The van der Waals surface area contributed by atoms with E-state index in [-0.39, 0.29) is 17.4 Å². The van der Waals surface area contributed by atoms with Crippen LogP contribution in [0.1, 0.15) is 38.7 Å². The quantitative estimate of drug-likeness (QED) is 0.787. The van der Waals surface area contributed by atoms with Crippen molar-refractivity contribution in [3.8, 4) is 5.75 Å². The highest BCUT2D eigenvalue weighted by Gasteiger charge is 2.40. The first-order valence-electron chi connectivity index (χ1n) is 7.65. The molecule has 1 fully saturated rings. The summed E-state index contributed by atoms with van der Waals surface area (Å²) in [5.41, 5.74) is 1.28. The molecule has 0 bridgehead atoms. The number of nitrogens with zero attached hydrogens (tertiary/aromatic N) is 1. The zero-order chi connectivity index (χ0) is 14.2. The van der Waals surface area contributed by atoms with Crippen LogP contribution in [-0.4, -0.2) is 29.5 Å². The van der Waals surface area contributed by atoms with Crippen LogP contribution in [0.5, 0.6) is 5.75 Å². The number of carbonyl (C=O) groups is 1. The molecule has 3 rings (SSSR count). The van der Waals surface area contributed by atoms with Crippen molar-refractivity contribution >= 4 is 5.91 Å². The summed E-state index contributed by atoms with van der Waals surface area (Å²) < 4.78 is 6.31. The van der Waals surface area contributed by atoms with Gasteiger partial charge in [0.05, 0.1) is 0 Å². The Morgan fingerprint density at radius 1 is 1.20 bits per heavy atom. The van der Waals surface area contributed by atoms with Gasteiger partial charge in [0.1, 0.15) is 11.4 Å². The van der Waals surface area contributed by atoms with Crippen LogP contribution in [0.25, 0.3) is 0 Å². The van der Waals surface area contributed by atoms with Gasteiger partial charge in [-0.15, -0.1) is 0 Å². The van der Waals surface area contributed by atoms with Crippen molar-refractivity contribution in [2.45, 2.75) is 45.1 Å². The molecule has 1 amide bonds. The summed E-state index contributed by atoms with van der Waals surface area (Å²) in [7, 11) is 0. The Morgan fingerprint density at radius 3 is 2.60 bits per heavy atom. The third kappa shape index (κ3) is 2.41. The van der Waals surface area contributed by atoms with Gasteiger partial charge in [0.25, 0.3) is 0 Å². The maximum absolute atomic E-state index is 12.1. The van der Waals surface area contributed by atoms with Gasteiger partial charge in [-0.3, -0.25) is 4.79 Å². The molecule has 1 spiro atoms. The molecule has 108 valence electrons. The lowest BCUT2D eigenvalue weighted by molar-refractivity contribution is -0.138. The molecular formula is C17H23NO2. The van der Waals surface area contributed by atoms with Gasteiger partial charge in [-0.2, -0.15) is 0 Å². The Morgan fingerprint density at radius 2 is 1.90 bits per heavy atom. The molecule has 0 N–H and O–H groups in total. The molecule has 1 saturated heterocycles. The zero-order valence-corrected chi connectivity index (χ0v) is 12.4. The predicted octanol–water partition coefficient (Wildman–Crippen LogP) is 3.03. The summed E-state index contributed by atoms with van der Waals surface area (Å²) in [6, 6.07) is 8.33. The molecule has 0 aromatic heterocycles. The number of hydrogen-bond acceptors (Lipinski definition) is 2. The number of piperidine rings is 1. The summed E-state index contributed by atoms with van der Waals surface area (Å²) in [6.45, 7) is 5.61. The molecule has 0 saturated carbocycles. The molecule has 1 aromatic rings. The smallest absolute Gasteiger partial charge is 0.225 e. The molecule has 1 aromatic carbocycles. The van der Waals surface area contributed by atoms with Crippen LogP contribution in [0.3, 0.4) is 0 Å². The number of ether oxygens (including phenoxy) is 1. The topological polar surface area (TPSA) is 29.5 Å². The van der Waals surface area contributed by atoms with Crippen LogP contribution >= 0.6 is 0 Å². The van der Waals surface area contributed by atoms with Gasteiger partial charge in [-0.05, 0) is 24.5 Å². The van der Waals surface area contributed by atoms with Crippen molar-refractivity contribution < 1.29 is 9.53 Å². The number of benzene rings is 1. The second-order valence-corrected chi connectivity index (χ2v) is 6.37. The van der Waals surface area contributed by atoms with E-state index in [0.29, 0.717) is 0 Å². The van der Waals surface area contributed by atoms with Crippen molar-refractivity contribution in [1.82, 2.24) is 4.90 Å². The van der Waals surface area contributed by atoms with Crippen LogP contribution in [0.15, 0.2) is 24.3 Å². The number of fused-ring (bicyclic) bond motifs is 1. The Bertz CT molecular complexity index is 501. The van der Waals surface area contributed by atoms with Crippen LogP contribution in [0.4, 0.5) is 0 Å². The minimum absolute atomic E-state index is 0.0396. The average molecular weight is 273 g/mol. The molecule has 2 aliphatic rings. The van der Waals surface area contributed by atoms with E-state index >= 15 is 0 Å². The average Bonchev–Trinajstić information content (AvgIpc) is 2.47. The van der Waals surface area contributed by atoms with Gasteiger partial charge in [0.15, 0.2) is 0 Å². The molecule has 3 heteroatoms. The van der Waals surface area contributed by atoms with Crippen molar-refractivity contribution in [2.24, 2.45) is 5.92 Å². The van der Waals surface area contributed by atoms with E-state index < -0.39 is 0 Å². The minimum Gasteiger partial charge on any atom is -0.487 e. The largest absolute Gasteiger partial charge is 0.487 e. The molecule has 0 radical (unpaired) electrons. The fourth-order valence-electron chi connectivity index (χ4n) is 3.31. The normalized spacial score (nSPS) is 20.6. The molecule has 2 aliphatic heterocycles. The van der Waals surface area contributed by atoms with E-state index in [0.717, 1.165) is 44.5 Å². The van der Waals surface area contributed by atoms with Gasteiger partial charge in [0.2, 0.25) is 5.91 Å². The summed E-state index contributed by atoms with van der Waals surface area (Å²) in [5, 5.41) is 0. The number of amides is 1. The van der Waals surface area contributed by atoms with Crippen LogP contribution in [0, 0.1) is 5.92 Å². The van der Waals surface area contributed by atoms with Crippen LogP contribution < -0.4 is 4.74 Å². The zero-order valence-electron chi connectivity index (χ0n) is 12.4. The highest BCUT2D eigenvalue weighted by atomic mass is 16.5. The van der Waals surface area contributed by atoms with Crippen molar-refractivity contribution in [2.75, 3.05) is 13.1 Å². The molecule has 20 heavy (non-hydrogen) atoms.